The molecule has 0 spiro atoms. The molecule has 122 valence electrons. The van der Waals surface area contributed by atoms with Gasteiger partial charge in [0.05, 0.1) is 11.4 Å². The van der Waals surface area contributed by atoms with Gasteiger partial charge in [-0.05, 0) is 43.9 Å². The van der Waals surface area contributed by atoms with E-state index in [0.29, 0.717) is 6.54 Å². The maximum Gasteiger partial charge on any atom is 0.222 e. The molecule has 0 saturated heterocycles. The Morgan fingerprint density at radius 1 is 1.30 bits per heavy atom. The third kappa shape index (κ3) is 3.15. The average Bonchev–Trinajstić information content (AvgIpc) is 2.95. The Morgan fingerprint density at radius 3 is 2.83 bits per heavy atom. The Labute approximate surface area is 135 Å². The molecule has 1 saturated carbocycles. The van der Waals surface area contributed by atoms with Gasteiger partial charge in [0, 0.05) is 29.7 Å². The number of hydrogen-bond donors (Lipinski definition) is 3. The Bertz CT molecular complexity index is 810. The number of aromatic amines is 1. The van der Waals surface area contributed by atoms with Crippen LogP contribution in [0.4, 0.5) is 0 Å². The first-order valence-corrected chi connectivity index (χ1v) is 8.11. The molecule has 5 nitrogen and oxygen atoms in total. The number of H-pyrrole nitrogens is 1. The number of fused-ring (bicyclic) bond motifs is 1. The van der Waals surface area contributed by atoms with Gasteiger partial charge in [-0.3, -0.25) is 9.59 Å². The van der Waals surface area contributed by atoms with Gasteiger partial charge in [0.25, 0.3) is 0 Å². The lowest BCUT2D eigenvalue weighted by Crippen LogP contribution is -2.39. The lowest BCUT2D eigenvalue weighted by atomic mass is 10.0. The number of rotatable bonds is 4. The van der Waals surface area contributed by atoms with Crippen molar-refractivity contribution in [1.82, 2.24) is 10.3 Å². The molecule has 5 heteroatoms. The predicted octanol–water partition coefficient (Wildman–Crippen LogP) is 1.89. The van der Waals surface area contributed by atoms with Crippen LogP contribution in [0.5, 0.6) is 0 Å². The molecule has 23 heavy (non-hydrogen) atoms. The number of nitrogens with two attached hydrogens (primary N) is 1. The molecule has 0 aliphatic heterocycles. The first-order chi connectivity index (χ1) is 11.0. The van der Waals surface area contributed by atoms with Crippen LogP contribution in [0.15, 0.2) is 23.0 Å². The summed E-state index contributed by atoms with van der Waals surface area (Å²) in [6.45, 7) is 4.53. The fourth-order valence-corrected chi connectivity index (χ4v) is 3.64. The normalized spacial score (nSPS) is 21.0. The van der Waals surface area contributed by atoms with E-state index in [0.717, 1.165) is 47.0 Å². The van der Waals surface area contributed by atoms with Crippen LogP contribution < -0.4 is 16.5 Å². The van der Waals surface area contributed by atoms with Crippen molar-refractivity contribution in [2.45, 2.75) is 45.7 Å². The van der Waals surface area contributed by atoms with Crippen LogP contribution >= 0.6 is 0 Å². The van der Waals surface area contributed by atoms with Gasteiger partial charge >= 0.3 is 0 Å². The third-order valence-electron chi connectivity index (χ3n) is 4.77. The van der Waals surface area contributed by atoms with E-state index in [2.05, 4.69) is 16.4 Å². The minimum Gasteiger partial charge on any atom is -0.369 e. The number of benzene rings is 1. The number of aromatic nitrogens is 1. The van der Waals surface area contributed by atoms with Crippen LogP contribution in [0.1, 0.15) is 36.1 Å². The molecule has 0 radical (unpaired) electrons. The summed E-state index contributed by atoms with van der Waals surface area (Å²) in [6.07, 6.45) is 2.81. The van der Waals surface area contributed by atoms with Gasteiger partial charge < -0.3 is 16.0 Å². The van der Waals surface area contributed by atoms with E-state index in [1.807, 2.05) is 19.9 Å². The summed E-state index contributed by atoms with van der Waals surface area (Å²) in [5.74, 6) is -0.343. The Morgan fingerprint density at radius 2 is 2.09 bits per heavy atom. The van der Waals surface area contributed by atoms with Gasteiger partial charge in [0.2, 0.25) is 5.91 Å². The highest BCUT2D eigenvalue weighted by molar-refractivity contribution is 5.82. The van der Waals surface area contributed by atoms with Crippen LogP contribution in [0.25, 0.3) is 10.9 Å². The van der Waals surface area contributed by atoms with Gasteiger partial charge in [0.15, 0.2) is 5.43 Å². The van der Waals surface area contributed by atoms with E-state index in [4.69, 9.17) is 5.73 Å². The van der Waals surface area contributed by atoms with Crippen molar-refractivity contribution in [3.05, 3.63) is 45.2 Å². The zero-order valence-corrected chi connectivity index (χ0v) is 13.6. The molecule has 0 bridgehead atoms. The van der Waals surface area contributed by atoms with Crippen molar-refractivity contribution >= 4 is 16.8 Å². The molecule has 1 aromatic heterocycles. The van der Waals surface area contributed by atoms with Crippen molar-refractivity contribution in [1.29, 1.82) is 0 Å². The van der Waals surface area contributed by atoms with Gasteiger partial charge in [-0.1, -0.05) is 12.5 Å². The second-order valence-corrected chi connectivity index (χ2v) is 6.59. The number of nitrogens with one attached hydrogen (secondary N) is 2. The number of pyridine rings is 1. The van der Waals surface area contributed by atoms with E-state index in [9.17, 15) is 9.59 Å². The highest BCUT2D eigenvalue weighted by atomic mass is 16.1. The lowest BCUT2D eigenvalue weighted by molar-refractivity contribution is -0.122. The van der Waals surface area contributed by atoms with Crippen molar-refractivity contribution < 1.29 is 4.79 Å². The Hall–Kier alpha value is -2.14. The smallest absolute Gasteiger partial charge is 0.222 e. The zero-order valence-electron chi connectivity index (χ0n) is 13.6. The van der Waals surface area contributed by atoms with Gasteiger partial charge in [-0.15, -0.1) is 0 Å². The molecule has 1 amide bonds. The van der Waals surface area contributed by atoms with Crippen molar-refractivity contribution in [2.24, 2.45) is 11.7 Å². The molecule has 1 aliphatic rings. The van der Waals surface area contributed by atoms with E-state index >= 15 is 0 Å². The molecule has 0 unspecified atom stereocenters. The monoisotopic (exact) mass is 313 g/mol. The Balaban J connectivity index is 1.84. The maximum absolute atomic E-state index is 12.4. The van der Waals surface area contributed by atoms with Crippen molar-refractivity contribution in [3.63, 3.8) is 0 Å². The Kier molecular flexibility index (Phi) is 4.22. The number of hydrogen-bond acceptors (Lipinski definition) is 3. The standard InChI is InChI=1S/C18H23N3O2/c1-10-6-11(2)17-14(7-10)16(22)8-12(21-17)9-20-15-5-3-4-13(15)18(19)23/h6-8,13,15,20H,3-5,9H2,1-2H3,(H2,19,23)(H,21,22)/t13-,15+/m1/s1. The quantitative estimate of drug-likeness (QED) is 0.805. The largest absolute Gasteiger partial charge is 0.369 e. The van der Waals surface area contributed by atoms with E-state index in [1.54, 1.807) is 6.07 Å². The summed E-state index contributed by atoms with van der Waals surface area (Å²) in [4.78, 5) is 27.2. The number of carbonyl (C=O) groups is 1. The van der Waals surface area contributed by atoms with Crippen LogP contribution in [0, 0.1) is 19.8 Å². The van der Waals surface area contributed by atoms with Crippen molar-refractivity contribution in [2.75, 3.05) is 0 Å². The highest BCUT2D eigenvalue weighted by Crippen LogP contribution is 2.25. The summed E-state index contributed by atoms with van der Waals surface area (Å²) in [7, 11) is 0. The van der Waals surface area contributed by atoms with Crippen LogP contribution in [0.2, 0.25) is 0 Å². The summed E-state index contributed by atoms with van der Waals surface area (Å²) in [5, 5.41) is 4.11. The molecule has 2 atom stereocenters. The van der Waals surface area contributed by atoms with Crippen molar-refractivity contribution in [3.8, 4) is 0 Å². The molecule has 1 aromatic carbocycles. The van der Waals surface area contributed by atoms with Crippen LogP contribution in [-0.2, 0) is 11.3 Å². The molecular formula is C18H23N3O2. The predicted molar refractivity (Wildman–Crippen MR) is 91.2 cm³/mol. The van der Waals surface area contributed by atoms with Gasteiger partial charge in [-0.2, -0.15) is 0 Å². The molecule has 1 aliphatic carbocycles. The third-order valence-corrected chi connectivity index (χ3v) is 4.77. The number of aryl methyl sites for hydroxylation is 2. The van der Waals surface area contributed by atoms with E-state index in [-0.39, 0.29) is 23.3 Å². The molecule has 3 rings (SSSR count). The summed E-state index contributed by atoms with van der Waals surface area (Å²) < 4.78 is 0. The van der Waals surface area contributed by atoms with Gasteiger partial charge in [0.1, 0.15) is 0 Å². The molecule has 2 aromatic rings. The summed E-state index contributed by atoms with van der Waals surface area (Å²) in [6, 6.07) is 5.72. The SMILES string of the molecule is Cc1cc(C)c2[nH]c(CN[C@H]3CCC[C@H]3C(N)=O)cc(=O)c2c1. The minimum absolute atomic E-state index is 0.0280. The van der Waals surface area contributed by atoms with Gasteiger partial charge in [-0.25, -0.2) is 0 Å². The van der Waals surface area contributed by atoms with Crippen LogP contribution in [0.3, 0.4) is 0 Å². The number of carbonyl (C=O) groups excluding carboxylic acids is 1. The van der Waals surface area contributed by atoms with Crippen LogP contribution in [-0.4, -0.2) is 16.9 Å². The highest BCUT2D eigenvalue weighted by Gasteiger charge is 2.30. The van der Waals surface area contributed by atoms with E-state index in [1.165, 1.54) is 0 Å². The second kappa shape index (κ2) is 6.16. The van der Waals surface area contributed by atoms with E-state index < -0.39 is 0 Å². The summed E-state index contributed by atoms with van der Waals surface area (Å²) in [5.41, 5.74) is 9.35. The first kappa shape index (κ1) is 15.7. The molecule has 1 heterocycles. The zero-order chi connectivity index (χ0) is 16.6. The lowest BCUT2D eigenvalue weighted by Gasteiger charge is -2.18. The fourth-order valence-electron chi connectivity index (χ4n) is 3.64. The first-order valence-electron chi connectivity index (χ1n) is 8.11. The summed E-state index contributed by atoms with van der Waals surface area (Å²) >= 11 is 0. The molecule has 1 fully saturated rings. The average molecular weight is 313 g/mol. The fraction of sp³-hybridized carbons (Fsp3) is 0.444. The minimum atomic E-state index is -0.238. The molecular weight excluding hydrogens is 290 g/mol. The second-order valence-electron chi connectivity index (χ2n) is 6.59. The number of amides is 1. The molecule has 4 N–H and O–H groups in total. The maximum atomic E-state index is 12.4. The topological polar surface area (TPSA) is 88.0 Å². The number of primary amides is 1.